The third-order valence-electron chi connectivity index (χ3n) is 2.76. The molecule has 2 nitrogen and oxygen atoms in total. The Bertz CT molecular complexity index is 372. The molecule has 0 aliphatic carbocycles. The van der Waals surface area contributed by atoms with Crippen molar-refractivity contribution in [3.63, 3.8) is 0 Å². The molecule has 0 spiro atoms. The summed E-state index contributed by atoms with van der Waals surface area (Å²) >= 11 is 18.2. The fourth-order valence-electron chi connectivity index (χ4n) is 2.05. The zero-order valence-electron chi connectivity index (χ0n) is 8.72. The Kier molecular flexibility index (Phi) is 3.85. The lowest BCUT2D eigenvalue weighted by molar-refractivity contribution is 0.506. The number of nitrogens with zero attached hydrogens (tertiary/aromatic N) is 1. The normalized spacial score (nSPS) is 21.2. The van der Waals surface area contributed by atoms with Crippen LogP contribution in [0.25, 0.3) is 0 Å². The van der Waals surface area contributed by atoms with Crippen LogP contribution < -0.4 is 10.6 Å². The van der Waals surface area contributed by atoms with Crippen LogP contribution in [0.15, 0.2) is 12.1 Å². The number of piperidine rings is 1. The van der Waals surface area contributed by atoms with E-state index in [0.29, 0.717) is 15.1 Å². The van der Waals surface area contributed by atoms with Gasteiger partial charge in [-0.25, -0.2) is 0 Å². The summed E-state index contributed by atoms with van der Waals surface area (Å²) in [6, 6.07) is 3.62. The maximum absolute atomic E-state index is 6.16. The van der Waals surface area contributed by atoms with Crippen molar-refractivity contribution < 1.29 is 0 Å². The van der Waals surface area contributed by atoms with E-state index in [1.54, 1.807) is 12.1 Å². The molecule has 5 heteroatoms. The standard InChI is InChI=1S/C11H13Cl3N2/c12-7-4-9(13)11(10(14)5-7)16-3-1-2-8(15)6-16/h4-5,8H,1-3,6,15H2. The lowest BCUT2D eigenvalue weighted by Crippen LogP contribution is -2.43. The molecule has 0 bridgehead atoms. The van der Waals surface area contributed by atoms with Crippen molar-refractivity contribution >= 4 is 40.5 Å². The number of nitrogens with two attached hydrogens (primary N) is 1. The summed E-state index contributed by atoms with van der Waals surface area (Å²) < 4.78 is 0. The second kappa shape index (κ2) is 5.01. The number of hydrogen-bond donors (Lipinski definition) is 1. The highest BCUT2D eigenvalue weighted by molar-refractivity contribution is 6.41. The first-order valence-electron chi connectivity index (χ1n) is 5.23. The molecule has 1 aliphatic rings. The predicted molar refractivity (Wildman–Crippen MR) is 70.9 cm³/mol. The van der Waals surface area contributed by atoms with E-state index in [2.05, 4.69) is 4.90 Å². The first kappa shape index (κ1) is 12.3. The molecular formula is C11H13Cl3N2. The van der Waals surface area contributed by atoms with Crippen LogP contribution in [0.4, 0.5) is 5.69 Å². The Morgan fingerprint density at radius 2 is 1.81 bits per heavy atom. The molecule has 0 saturated carbocycles. The minimum absolute atomic E-state index is 0.191. The summed E-state index contributed by atoms with van der Waals surface area (Å²) in [5.41, 5.74) is 6.79. The van der Waals surface area contributed by atoms with Crippen molar-refractivity contribution in [3.8, 4) is 0 Å². The monoisotopic (exact) mass is 278 g/mol. The Balaban J connectivity index is 2.32. The smallest absolute Gasteiger partial charge is 0.0746 e. The second-order valence-electron chi connectivity index (χ2n) is 4.07. The van der Waals surface area contributed by atoms with Crippen molar-refractivity contribution in [2.45, 2.75) is 18.9 Å². The molecule has 88 valence electrons. The predicted octanol–water partition coefficient (Wildman–Crippen LogP) is 3.57. The van der Waals surface area contributed by atoms with Gasteiger partial charge in [0, 0.05) is 24.2 Å². The van der Waals surface area contributed by atoms with E-state index in [0.717, 1.165) is 31.6 Å². The maximum atomic E-state index is 6.16. The topological polar surface area (TPSA) is 29.3 Å². The van der Waals surface area contributed by atoms with E-state index in [-0.39, 0.29) is 6.04 Å². The molecule has 1 heterocycles. The zero-order valence-corrected chi connectivity index (χ0v) is 11.0. The van der Waals surface area contributed by atoms with Crippen molar-refractivity contribution in [1.29, 1.82) is 0 Å². The van der Waals surface area contributed by atoms with E-state index in [9.17, 15) is 0 Å². The average molecular weight is 280 g/mol. The average Bonchev–Trinajstić information content (AvgIpc) is 2.15. The van der Waals surface area contributed by atoms with Gasteiger partial charge in [-0.05, 0) is 25.0 Å². The molecule has 2 N–H and O–H groups in total. The van der Waals surface area contributed by atoms with Gasteiger partial charge in [0.2, 0.25) is 0 Å². The second-order valence-corrected chi connectivity index (χ2v) is 5.32. The molecule has 1 aliphatic heterocycles. The van der Waals surface area contributed by atoms with Crippen LogP contribution in [-0.2, 0) is 0 Å². The Morgan fingerprint density at radius 3 is 2.38 bits per heavy atom. The molecule has 0 aromatic heterocycles. The minimum Gasteiger partial charge on any atom is -0.368 e. The summed E-state index contributed by atoms with van der Waals surface area (Å²) in [5.74, 6) is 0. The van der Waals surface area contributed by atoms with Gasteiger partial charge in [-0.3, -0.25) is 0 Å². The molecule has 0 radical (unpaired) electrons. The van der Waals surface area contributed by atoms with Crippen LogP contribution in [0.5, 0.6) is 0 Å². The van der Waals surface area contributed by atoms with Gasteiger partial charge < -0.3 is 10.6 Å². The molecule has 1 fully saturated rings. The van der Waals surface area contributed by atoms with Crippen LogP contribution in [0, 0.1) is 0 Å². The molecular weight excluding hydrogens is 266 g/mol. The number of hydrogen-bond acceptors (Lipinski definition) is 2. The van der Waals surface area contributed by atoms with E-state index in [1.165, 1.54) is 0 Å². The molecule has 1 aromatic carbocycles. The first-order valence-corrected chi connectivity index (χ1v) is 6.36. The largest absolute Gasteiger partial charge is 0.368 e. The number of anilines is 1. The highest BCUT2D eigenvalue weighted by Gasteiger charge is 2.21. The molecule has 0 amide bonds. The molecule has 16 heavy (non-hydrogen) atoms. The molecule has 2 rings (SSSR count). The van der Waals surface area contributed by atoms with Gasteiger partial charge in [-0.15, -0.1) is 0 Å². The number of benzene rings is 1. The quantitative estimate of drug-likeness (QED) is 0.851. The Hall–Kier alpha value is -0.150. The van der Waals surface area contributed by atoms with E-state index < -0.39 is 0 Å². The van der Waals surface area contributed by atoms with Crippen LogP contribution in [0.3, 0.4) is 0 Å². The fourth-order valence-corrected chi connectivity index (χ4v) is 3.11. The van der Waals surface area contributed by atoms with Gasteiger partial charge in [0.15, 0.2) is 0 Å². The number of rotatable bonds is 1. The van der Waals surface area contributed by atoms with Crippen LogP contribution in [0.2, 0.25) is 15.1 Å². The van der Waals surface area contributed by atoms with Crippen molar-refractivity contribution in [1.82, 2.24) is 0 Å². The number of halogens is 3. The summed E-state index contributed by atoms with van der Waals surface area (Å²) in [7, 11) is 0. The van der Waals surface area contributed by atoms with Crippen LogP contribution in [-0.4, -0.2) is 19.1 Å². The summed E-state index contributed by atoms with van der Waals surface area (Å²) in [6.45, 7) is 1.73. The minimum atomic E-state index is 0.191. The van der Waals surface area contributed by atoms with Gasteiger partial charge in [0.25, 0.3) is 0 Å². The lowest BCUT2D eigenvalue weighted by Gasteiger charge is -2.33. The lowest BCUT2D eigenvalue weighted by atomic mass is 10.1. The fraction of sp³-hybridized carbons (Fsp3) is 0.455. The molecule has 1 saturated heterocycles. The van der Waals surface area contributed by atoms with Crippen molar-refractivity contribution in [2.75, 3.05) is 18.0 Å². The SMILES string of the molecule is NC1CCCN(c2c(Cl)cc(Cl)cc2Cl)C1. The van der Waals surface area contributed by atoms with Crippen molar-refractivity contribution in [3.05, 3.63) is 27.2 Å². The highest BCUT2D eigenvalue weighted by atomic mass is 35.5. The van der Waals surface area contributed by atoms with Gasteiger partial charge >= 0.3 is 0 Å². The zero-order chi connectivity index (χ0) is 11.7. The molecule has 1 aromatic rings. The molecule has 1 unspecified atom stereocenters. The third-order valence-corrected chi connectivity index (χ3v) is 3.55. The van der Waals surface area contributed by atoms with Gasteiger partial charge in [-0.1, -0.05) is 34.8 Å². The summed E-state index contributed by atoms with van der Waals surface area (Å²) in [5, 5.41) is 1.73. The van der Waals surface area contributed by atoms with Crippen LogP contribution in [0.1, 0.15) is 12.8 Å². The van der Waals surface area contributed by atoms with E-state index in [4.69, 9.17) is 40.5 Å². The van der Waals surface area contributed by atoms with E-state index >= 15 is 0 Å². The van der Waals surface area contributed by atoms with Gasteiger partial charge in [0.05, 0.1) is 15.7 Å². The van der Waals surface area contributed by atoms with Gasteiger partial charge in [0.1, 0.15) is 0 Å². The van der Waals surface area contributed by atoms with Crippen LogP contribution >= 0.6 is 34.8 Å². The Labute approximate surface area is 110 Å². The first-order chi connectivity index (χ1) is 7.58. The molecule has 1 atom stereocenters. The van der Waals surface area contributed by atoms with Gasteiger partial charge in [-0.2, -0.15) is 0 Å². The summed E-state index contributed by atoms with van der Waals surface area (Å²) in [4.78, 5) is 2.13. The summed E-state index contributed by atoms with van der Waals surface area (Å²) in [6.07, 6.45) is 2.12. The van der Waals surface area contributed by atoms with Crippen molar-refractivity contribution in [2.24, 2.45) is 5.73 Å². The Morgan fingerprint density at radius 1 is 1.19 bits per heavy atom. The highest BCUT2D eigenvalue weighted by Crippen LogP contribution is 2.37. The van der Waals surface area contributed by atoms with E-state index in [1.807, 2.05) is 0 Å². The maximum Gasteiger partial charge on any atom is 0.0746 e. The third kappa shape index (κ3) is 2.57.